The number of aromatic nitrogens is 6. The maximum Gasteiger partial charge on any atom is 0.164 e. The summed E-state index contributed by atoms with van der Waals surface area (Å²) in [4.78, 5) is 38.2. The molecule has 2 aliphatic rings. The van der Waals surface area contributed by atoms with Gasteiger partial charge in [0.05, 0.1) is 22.7 Å². The second-order valence-corrected chi connectivity index (χ2v) is 19.4. The SMILES string of the molecule is c1ccc(-c2nc(-c3ccccc3)nc(-c3cc(-c4cc(N5c6ccccc6Oc6ccccc65)cc(N5c6ccccc6Sc6ccccc65)c4)cc(-c4nc(-c5ccccc5)nc(-c5ccccc5)n4)c3)n2)cc1. The van der Waals surface area contributed by atoms with Gasteiger partial charge in [0, 0.05) is 54.5 Å². The fourth-order valence-electron chi connectivity index (χ4n) is 9.91. The zero-order chi connectivity index (χ0) is 50.4. The van der Waals surface area contributed by atoms with Crippen LogP contribution < -0.4 is 14.5 Å². The lowest BCUT2D eigenvalue weighted by Gasteiger charge is -2.36. The summed E-state index contributed by atoms with van der Waals surface area (Å²) in [5, 5.41) is 0. The van der Waals surface area contributed by atoms with E-state index in [1.807, 2.05) is 146 Å². The van der Waals surface area contributed by atoms with Crippen LogP contribution in [0.4, 0.5) is 34.1 Å². The van der Waals surface area contributed by atoms with Crippen molar-refractivity contribution < 1.29 is 4.74 Å². The van der Waals surface area contributed by atoms with Gasteiger partial charge in [0.15, 0.2) is 46.4 Å². The van der Waals surface area contributed by atoms with Crippen molar-refractivity contribution in [1.29, 1.82) is 0 Å². The highest BCUT2D eigenvalue weighted by atomic mass is 32.2. The number of hydrogen-bond donors (Lipinski definition) is 0. The molecule has 14 rings (SSSR count). The smallest absolute Gasteiger partial charge is 0.164 e. The van der Waals surface area contributed by atoms with Crippen LogP contribution in [0.5, 0.6) is 11.5 Å². The van der Waals surface area contributed by atoms with Crippen molar-refractivity contribution in [2.45, 2.75) is 9.79 Å². The lowest BCUT2D eigenvalue weighted by Crippen LogP contribution is -2.18. The first-order valence-electron chi connectivity index (χ1n) is 25.0. The Hall–Kier alpha value is -10.0. The van der Waals surface area contributed by atoms with Crippen molar-refractivity contribution in [3.8, 4) is 91.0 Å². The Morgan fingerprint density at radius 2 is 0.539 bits per heavy atom. The van der Waals surface area contributed by atoms with Crippen molar-refractivity contribution >= 4 is 45.9 Å². The van der Waals surface area contributed by atoms with E-state index in [1.54, 1.807) is 11.8 Å². The fourth-order valence-corrected chi connectivity index (χ4v) is 11.0. The summed E-state index contributed by atoms with van der Waals surface area (Å²) in [6.07, 6.45) is 0. The molecule has 0 amide bonds. The molecule has 10 heteroatoms. The minimum absolute atomic E-state index is 0.500. The van der Waals surface area contributed by atoms with Crippen LogP contribution >= 0.6 is 11.8 Å². The molecule has 0 N–H and O–H groups in total. The van der Waals surface area contributed by atoms with Gasteiger partial charge in [-0.1, -0.05) is 182 Å². The van der Waals surface area contributed by atoms with Crippen molar-refractivity contribution in [2.24, 2.45) is 0 Å². The third kappa shape index (κ3) is 8.38. The van der Waals surface area contributed by atoms with Crippen LogP contribution in [0.15, 0.2) is 265 Å². The number of hydrogen-bond acceptors (Lipinski definition) is 10. The molecule has 2 aliphatic heterocycles. The molecule has 76 heavy (non-hydrogen) atoms. The lowest BCUT2D eigenvalue weighted by molar-refractivity contribution is 0.477. The van der Waals surface area contributed by atoms with E-state index in [0.717, 1.165) is 99.9 Å². The molecular formula is C66H42N8OS. The number of anilines is 6. The average Bonchev–Trinajstić information content (AvgIpc) is 3.50. The van der Waals surface area contributed by atoms with Gasteiger partial charge in [0.2, 0.25) is 0 Å². The quantitative estimate of drug-likeness (QED) is 0.139. The molecule has 0 unspecified atom stereocenters. The summed E-state index contributed by atoms with van der Waals surface area (Å²) < 4.78 is 6.59. The van der Waals surface area contributed by atoms with Crippen LogP contribution in [0.2, 0.25) is 0 Å². The van der Waals surface area contributed by atoms with E-state index in [2.05, 4.69) is 119 Å². The Labute approximate surface area is 443 Å². The van der Waals surface area contributed by atoms with Gasteiger partial charge in [-0.2, -0.15) is 0 Å². The first-order valence-corrected chi connectivity index (χ1v) is 25.8. The van der Waals surface area contributed by atoms with Gasteiger partial charge < -0.3 is 14.5 Å². The Balaban J connectivity index is 1.06. The van der Waals surface area contributed by atoms with Crippen LogP contribution in [-0.4, -0.2) is 29.9 Å². The summed E-state index contributed by atoms with van der Waals surface area (Å²) in [7, 11) is 0. The van der Waals surface area contributed by atoms with Crippen LogP contribution in [0.3, 0.4) is 0 Å². The van der Waals surface area contributed by atoms with Crippen molar-refractivity contribution in [3.63, 3.8) is 0 Å². The van der Waals surface area contributed by atoms with Crippen LogP contribution in [-0.2, 0) is 0 Å². The predicted octanol–water partition coefficient (Wildman–Crippen LogP) is 17.2. The molecule has 0 bridgehead atoms. The largest absolute Gasteiger partial charge is 0.453 e. The molecule has 358 valence electrons. The van der Waals surface area contributed by atoms with E-state index in [-0.39, 0.29) is 0 Å². The molecule has 12 aromatic rings. The molecule has 0 aliphatic carbocycles. The summed E-state index contributed by atoms with van der Waals surface area (Å²) in [6, 6.07) is 87.2. The van der Waals surface area contributed by atoms with Crippen molar-refractivity contribution in [3.05, 3.63) is 255 Å². The van der Waals surface area contributed by atoms with Crippen molar-refractivity contribution in [2.75, 3.05) is 9.80 Å². The number of nitrogens with zero attached hydrogens (tertiary/aromatic N) is 8. The first kappa shape index (κ1) is 44.7. The Bertz CT molecular complexity index is 3680. The van der Waals surface area contributed by atoms with E-state index in [9.17, 15) is 0 Å². The number of para-hydroxylation sites is 6. The molecule has 0 atom stereocenters. The van der Waals surface area contributed by atoms with Crippen LogP contribution in [0.25, 0.3) is 79.5 Å². The molecule has 10 aromatic carbocycles. The fraction of sp³-hybridized carbons (Fsp3) is 0. The molecule has 2 aromatic heterocycles. The summed E-state index contributed by atoms with van der Waals surface area (Å²) in [6.45, 7) is 0. The zero-order valence-corrected chi connectivity index (χ0v) is 41.5. The standard InChI is InChI=1S/C66H42N8OS/c1-5-21-43(22-6-1)61-67-62(44-23-7-2-8-24-44)70-65(69-61)49-37-47(38-50(39-49)66-71-63(45-25-9-3-10-26-45)68-64(72-66)46-27-11-4-12-28-46)48-40-51(73-53-29-13-17-33-57(53)75-58-34-18-14-30-54(58)73)42-52(41-48)74-55-31-15-19-35-59(55)76-60-36-20-16-32-56(60)74/h1-42H. The number of rotatable bonds is 9. The van der Waals surface area contributed by atoms with E-state index in [4.69, 9.17) is 34.6 Å². The van der Waals surface area contributed by atoms with E-state index >= 15 is 0 Å². The lowest BCUT2D eigenvalue weighted by atomic mass is 9.96. The van der Waals surface area contributed by atoms with Gasteiger partial charge in [0.1, 0.15) is 0 Å². The Kier molecular flexibility index (Phi) is 11.2. The molecule has 0 fully saturated rings. The highest BCUT2D eigenvalue weighted by Crippen LogP contribution is 2.55. The number of fused-ring (bicyclic) bond motifs is 4. The summed E-state index contributed by atoms with van der Waals surface area (Å²) in [5.41, 5.74) is 12.8. The molecular weight excluding hydrogens is 953 g/mol. The van der Waals surface area contributed by atoms with Crippen LogP contribution in [0.1, 0.15) is 0 Å². The monoisotopic (exact) mass is 994 g/mol. The van der Waals surface area contributed by atoms with E-state index in [1.165, 1.54) is 0 Å². The summed E-state index contributed by atoms with van der Waals surface area (Å²) in [5.74, 6) is 4.76. The predicted molar refractivity (Wildman–Crippen MR) is 305 cm³/mol. The molecule has 0 spiro atoms. The van der Waals surface area contributed by atoms with Crippen molar-refractivity contribution in [1.82, 2.24) is 29.9 Å². The third-order valence-corrected chi connectivity index (χ3v) is 14.6. The second-order valence-electron chi connectivity index (χ2n) is 18.4. The minimum atomic E-state index is 0.500. The van der Waals surface area contributed by atoms with Gasteiger partial charge in [-0.25, -0.2) is 29.9 Å². The third-order valence-electron chi connectivity index (χ3n) is 13.5. The number of ether oxygens (including phenoxy) is 1. The average molecular weight is 995 g/mol. The van der Waals surface area contributed by atoms with Gasteiger partial charge in [-0.3, -0.25) is 0 Å². The molecule has 0 radical (unpaired) electrons. The highest BCUT2D eigenvalue weighted by Gasteiger charge is 2.30. The van der Waals surface area contributed by atoms with Gasteiger partial charge in [-0.15, -0.1) is 0 Å². The van der Waals surface area contributed by atoms with E-state index in [0.29, 0.717) is 34.9 Å². The van der Waals surface area contributed by atoms with Gasteiger partial charge in [-0.05, 0) is 96.1 Å². The Morgan fingerprint density at radius 3 is 0.934 bits per heavy atom. The normalized spacial score (nSPS) is 12.2. The summed E-state index contributed by atoms with van der Waals surface area (Å²) >= 11 is 1.79. The highest BCUT2D eigenvalue weighted by molar-refractivity contribution is 7.99. The Morgan fingerprint density at radius 1 is 0.250 bits per heavy atom. The maximum absolute atomic E-state index is 6.59. The molecule has 9 nitrogen and oxygen atoms in total. The van der Waals surface area contributed by atoms with Gasteiger partial charge >= 0.3 is 0 Å². The topological polar surface area (TPSA) is 93.1 Å². The molecule has 4 heterocycles. The molecule has 0 saturated carbocycles. The zero-order valence-electron chi connectivity index (χ0n) is 40.6. The maximum atomic E-state index is 6.59. The van der Waals surface area contributed by atoms with Crippen LogP contribution in [0, 0.1) is 0 Å². The van der Waals surface area contributed by atoms with E-state index < -0.39 is 0 Å². The molecule has 0 saturated heterocycles. The number of benzene rings is 10. The first-order chi connectivity index (χ1) is 37.6. The minimum Gasteiger partial charge on any atom is -0.453 e. The second kappa shape index (κ2) is 19.1. The van der Waals surface area contributed by atoms with Gasteiger partial charge in [0.25, 0.3) is 0 Å².